The summed E-state index contributed by atoms with van der Waals surface area (Å²) in [5.74, 6) is 0.113. The number of nitrogen functional groups attached to an aromatic ring is 1. The number of carbonyl (C=O) groups excluding carboxylic acids is 1. The Bertz CT molecular complexity index is 1000. The molecular weight excluding hydrogens is 500 g/mol. The van der Waals surface area contributed by atoms with Crippen LogP contribution in [-0.4, -0.2) is 11.9 Å². The van der Waals surface area contributed by atoms with Gasteiger partial charge in [-0.05, 0) is 48.5 Å². The summed E-state index contributed by atoms with van der Waals surface area (Å²) < 4.78 is 0. The Kier molecular flexibility index (Phi) is 7.41. The summed E-state index contributed by atoms with van der Waals surface area (Å²) in [6, 6.07) is 38.6. The molecule has 4 aromatic carbocycles. The Hall–Kier alpha value is -2.49. The summed E-state index contributed by atoms with van der Waals surface area (Å²) in [7, 11) is -2.18. The highest BCUT2D eigenvalue weighted by molar-refractivity contribution is 7.96. The molecule has 0 radical (unpaired) electrons. The van der Waals surface area contributed by atoms with Crippen LogP contribution in [0.2, 0.25) is 0 Å². The van der Waals surface area contributed by atoms with E-state index >= 15 is 0 Å². The fourth-order valence-corrected chi connectivity index (χ4v) is 7.89. The molecule has 0 aromatic heterocycles. The monoisotopic (exact) mass is 523 g/mol. The van der Waals surface area contributed by atoms with E-state index in [4.69, 9.17) is 5.73 Å². The molecule has 4 heteroatoms. The van der Waals surface area contributed by atoms with E-state index in [0.717, 1.165) is 0 Å². The summed E-state index contributed by atoms with van der Waals surface area (Å²) in [5, 5.41) is 3.61. The second-order valence-corrected chi connectivity index (χ2v) is 10.5. The van der Waals surface area contributed by atoms with Gasteiger partial charge in [-0.25, -0.2) is 0 Å². The molecular formula is C26H23INOP. The highest BCUT2D eigenvalue weighted by Crippen LogP contribution is 2.55. The number of nitrogens with two attached hydrogens (primary N) is 1. The molecule has 0 amide bonds. The van der Waals surface area contributed by atoms with Crippen molar-refractivity contribution in [1.82, 2.24) is 0 Å². The molecule has 0 aliphatic carbocycles. The van der Waals surface area contributed by atoms with E-state index in [2.05, 4.69) is 72.8 Å². The number of carbonyl (C=O) groups is 1. The summed E-state index contributed by atoms with van der Waals surface area (Å²) in [5.41, 5.74) is 7.22. The van der Waals surface area contributed by atoms with E-state index in [1.165, 1.54) is 15.9 Å². The molecule has 2 nitrogen and oxygen atoms in total. The molecule has 0 aliphatic heterocycles. The Morgan fingerprint density at radius 1 is 0.633 bits per heavy atom. The van der Waals surface area contributed by atoms with Crippen molar-refractivity contribution in [2.45, 2.75) is 0 Å². The Labute approximate surface area is 195 Å². The summed E-state index contributed by atoms with van der Waals surface area (Å²) in [6.07, 6.45) is 0.425. The first-order valence-electron chi connectivity index (χ1n) is 9.64. The standard InChI is InChI=1S/C26H23NOP.HI/c27-22-12-10-11-21(19-22)26(28)20-29(23-13-4-1-5-14-23,24-15-6-2-7-16-24)25-17-8-3-9-18-25;/h1-19H,20,27H2;1H/q+1;/p-1. The molecule has 4 rings (SSSR count). The predicted octanol–water partition coefficient (Wildman–Crippen LogP) is 1.45. The third-order valence-corrected chi connectivity index (χ3v) is 9.48. The number of benzene rings is 4. The van der Waals surface area contributed by atoms with E-state index in [1.54, 1.807) is 6.07 Å². The maximum Gasteiger partial charge on any atom is 0.201 e. The van der Waals surface area contributed by atoms with Crippen LogP contribution in [0.3, 0.4) is 0 Å². The zero-order valence-corrected chi connectivity index (χ0v) is 19.5. The van der Waals surface area contributed by atoms with E-state index in [9.17, 15) is 4.79 Å². The van der Waals surface area contributed by atoms with Crippen molar-refractivity contribution in [3.63, 3.8) is 0 Å². The van der Waals surface area contributed by atoms with Crippen LogP contribution in [0.1, 0.15) is 10.4 Å². The van der Waals surface area contributed by atoms with Crippen LogP contribution in [0.4, 0.5) is 5.69 Å². The summed E-state index contributed by atoms with van der Waals surface area (Å²) >= 11 is 0. The zero-order valence-electron chi connectivity index (χ0n) is 16.5. The number of Topliss-reactive ketones (excluding diaryl/α,β-unsaturated/α-hetero) is 1. The first-order valence-corrected chi connectivity index (χ1v) is 11.6. The lowest BCUT2D eigenvalue weighted by atomic mass is 10.1. The number of anilines is 1. The van der Waals surface area contributed by atoms with Crippen LogP contribution in [0.5, 0.6) is 0 Å². The second kappa shape index (κ2) is 10.0. The van der Waals surface area contributed by atoms with E-state index < -0.39 is 7.26 Å². The van der Waals surface area contributed by atoms with Gasteiger partial charge in [0.15, 0.2) is 0 Å². The van der Waals surface area contributed by atoms with Gasteiger partial charge in [-0.15, -0.1) is 0 Å². The van der Waals surface area contributed by atoms with Gasteiger partial charge in [0, 0.05) is 11.3 Å². The smallest absolute Gasteiger partial charge is 0.201 e. The SMILES string of the molecule is Nc1cccc(C(=O)C[P+](c2ccccc2)(c2ccccc2)c2ccccc2)c1.[I-]. The molecule has 2 N–H and O–H groups in total. The molecule has 0 spiro atoms. The maximum atomic E-state index is 13.5. The van der Waals surface area contributed by atoms with Crippen molar-refractivity contribution in [3.05, 3.63) is 121 Å². The molecule has 0 aliphatic rings. The van der Waals surface area contributed by atoms with Crippen LogP contribution in [0, 0.1) is 0 Å². The van der Waals surface area contributed by atoms with Gasteiger partial charge in [-0.2, -0.15) is 0 Å². The molecule has 4 aromatic rings. The van der Waals surface area contributed by atoms with E-state index in [1.807, 2.05) is 36.4 Å². The number of rotatable bonds is 6. The van der Waals surface area contributed by atoms with Gasteiger partial charge in [0.25, 0.3) is 0 Å². The topological polar surface area (TPSA) is 43.1 Å². The van der Waals surface area contributed by atoms with Gasteiger partial charge in [0.1, 0.15) is 29.3 Å². The van der Waals surface area contributed by atoms with Crippen LogP contribution < -0.4 is 45.6 Å². The third-order valence-electron chi connectivity index (χ3n) is 5.18. The largest absolute Gasteiger partial charge is 1.00 e. The van der Waals surface area contributed by atoms with E-state index in [0.29, 0.717) is 17.4 Å². The van der Waals surface area contributed by atoms with Crippen LogP contribution >= 0.6 is 7.26 Å². The van der Waals surface area contributed by atoms with Gasteiger partial charge >= 0.3 is 0 Å². The fraction of sp³-hybridized carbons (Fsp3) is 0.0385. The molecule has 0 saturated heterocycles. The molecule has 0 bridgehead atoms. The van der Waals surface area contributed by atoms with Crippen molar-refractivity contribution in [2.75, 3.05) is 11.9 Å². The first kappa shape index (κ1) is 22.2. The van der Waals surface area contributed by atoms with Crippen molar-refractivity contribution in [2.24, 2.45) is 0 Å². The summed E-state index contributed by atoms with van der Waals surface area (Å²) in [4.78, 5) is 13.5. The van der Waals surface area contributed by atoms with Crippen LogP contribution in [-0.2, 0) is 0 Å². The Morgan fingerprint density at radius 3 is 1.47 bits per heavy atom. The summed E-state index contributed by atoms with van der Waals surface area (Å²) in [6.45, 7) is 0. The molecule has 150 valence electrons. The zero-order chi connectivity index (χ0) is 20.1. The highest BCUT2D eigenvalue weighted by Gasteiger charge is 2.47. The fourth-order valence-electron chi connectivity index (χ4n) is 3.79. The Balaban J connectivity index is 0.00000256. The lowest BCUT2D eigenvalue weighted by Crippen LogP contribution is -3.00. The minimum atomic E-state index is -2.18. The average Bonchev–Trinajstić information content (AvgIpc) is 2.79. The van der Waals surface area contributed by atoms with Crippen molar-refractivity contribution in [3.8, 4) is 0 Å². The minimum absolute atomic E-state index is 0. The molecule has 0 heterocycles. The quantitative estimate of drug-likeness (QED) is 0.180. The first-order chi connectivity index (χ1) is 14.2. The normalized spacial score (nSPS) is 10.8. The highest BCUT2D eigenvalue weighted by atomic mass is 127. The molecule has 0 atom stereocenters. The molecule has 0 saturated carbocycles. The van der Waals surface area contributed by atoms with Crippen LogP contribution in [0.25, 0.3) is 0 Å². The second-order valence-electron chi connectivity index (χ2n) is 7.02. The Morgan fingerprint density at radius 2 is 1.07 bits per heavy atom. The predicted molar refractivity (Wildman–Crippen MR) is 125 cm³/mol. The van der Waals surface area contributed by atoms with E-state index in [-0.39, 0.29) is 29.8 Å². The van der Waals surface area contributed by atoms with Gasteiger partial charge < -0.3 is 29.7 Å². The van der Waals surface area contributed by atoms with Gasteiger partial charge in [0.2, 0.25) is 5.78 Å². The van der Waals surface area contributed by atoms with Crippen molar-refractivity contribution < 1.29 is 28.8 Å². The van der Waals surface area contributed by atoms with Gasteiger partial charge in [-0.1, -0.05) is 66.7 Å². The average molecular weight is 523 g/mol. The third kappa shape index (κ3) is 4.48. The lowest BCUT2D eigenvalue weighted by molar-refractivity contribution is -0.0000134. The van der Waals surface area contributed by atoms with Crippen molar-refractivity contribution in [1.29, 1.82) is 0 Å². The molecule has 0 fully saturated rings. The number of ketones is 1. The lowest BCUT2D eigenvalue weighted by Gasteiger charge is -2.27. The number of halogens is 1. The van der Waals surface area contributed by atoms with Crippen molar-refractivity contribution >= 4 is 34.6 Å². The molecule has 0 unspecified atom stereocenters. The number of hydrogen-bond donors (Lipinski definition) is 1. The number of hydrogen-bond acceptors (Lipinski definition) is 2. The van der Waals surface area contributed by atoms with Gasteiger partial charge in [-0.3, -0.25) is 4.79 Å². The van der Waals surface area contributed by atoms with Gasteiger partial charge in [0.05, 0.1) is 0 Å². The minimum Gasteiger partial charge on any atom is -1.00 e. The van der Waals surface area contributed by atoms with Crippen LogP contribution in [0.15, 0.2) is 115 Å². The molecule has 30 heavy (non-hydrogen) atoms. The maximum absolute atomic E-state index is 13.5.